The van der Waals surface area contributed by atoms with E-state index in [0.29, 0.717) is 17.0 Å². The number of anilines is 2. The van der Waals surface area contributed by atoms with Crippen molar-refractivity contribution in [3.63, 3.8) is 0 Å². The van der Waals surface area contributed by atoms with E-state index in [1.165, 1.54) is 6.20 Å². The molecule has 0 radical (unpaired) electrons. The first-order valence-corrected chi connectivity index (χ1v) is 8.51. The molecule has 2 aromatic heterocycles. The second kappa shape index (κ2) is 7.11. The number of rotatable bonds is 4. The normalized spacial score (nSPS) is 11.4. The molecule has 1 aromatic carbocycles. The number of nitrogen functional groups attached to an aromatic ring is 2. The number of carbonyl (C=O) groups excluding carboxylic acids is 1. The highest BCUT2D eigenvalue weighted by Gasteiger charge is 2.18. The number of nitrogens with two attached hydrogens (primary N) is 2. The van der Waals surface area contributed by atoms with Gasteiger partial charge in [-0.25, -0.2) is 4.98 Å². The average Bonchev–Trinajstić information content (AvgIpc) is 2.59. The fourth-order valence-electron chi connectivity index (χ4n) is 2.65. The first-order chi connectivity index (χ1) is 12.7. The van der Waals surface area contributed by atoms with Gasteiger partial charge in [0.1, 0.15) is 22.6 Å². The van der Waals surface area contributed by atoms with E-state index in [0.717, 1.165) is 10.9 Å². The number of aromatic nitrogens is 2. The molecule has 0 saturated heterocycles. The van der Waals surface area contributed by atoms with Crippen LogP contribution in [0.3, 0.4) is 0 Å². The lowest BCUT2D eigenvalue weighted by molar-refractivity contribution is -0.153. The molecule has 140 valence electrons. The number of carbonyl (C=O) groups is 1. The average molecular weight is 366 g/mol. The fourth-order valence-corrected chi connectivity index (χ4v) is 2.65. The van der Waals surface area contributed by atoms with Crippen LogP contribution in [-0.4, -0.2) is 21.5 Å². The van der Waals surface area contributed by atoms with Crippen LogP contribution in [0.5, 0.6) is 11.5 Å². The molecule has 0 saturated carbocycles. The van der Waals surface area contributed by atoms with Crippen molar-refractivity contribution in [2.24, 2.45) is 0 Å². The molecule has 0 amide bonds. The largest absolute Gasteiger partial charge is 0.460 e. The Morgan fingerprint density at radius 2 is 1.81 bits per heavy atom. The number of fused-ring (bicyclic) bond motifs is 1. The zero-order valence-corrected chi connectivity index (χ0v) is 15.5. The van der Waals surface area contributed by atoms with Gasteiger partial charge in [0.2, 0.25) is 0 Å². The molecule has 0 bridgehead atoms. The van der Waals surface area contributed by atoms with Gasteiger partial charge in [-0.05, 0) is 38.5 Å². The number of benzene rings is 1. The minimum Gasteiger partial charge on any atom is -0.460 e. The van der Waals surface area contributed by atoms with E-state index in [-0.39, 0.29) is 23.9 Å². The minimum atomic E-state index is -0.535. The van der Waals surface area contributed by atoms with Crippen molar-refractivity contribution in [1.82, 2.24) is 9.97 Å². The van der Waals surface area contributed by atoms with Gasteiger partial charge in [0, 0.05) is 23.8 Å². The lowest BCUT2D eigenvalue weighted by atomic mass is 10.0. The summed E-state index contributed by atoms with van der Waals surface area (Å²) < 4.78 is 11.3. The highest BCUT2D eigenvalue weighted by Crippen LogP contribution is 2.34. The van der Waals surface area contributed by atoms with Crippen LogP contribution in [0.25, 0.3) is 10.9 Å². The van der Waals surface area contributed by atoms with E-state index in [9.17, 15) is 4.79 Å². The van der Waals surface area contributed by atoms with E-state index >= 15 is 0 Å². The number of hydrogen-bond donors (Lipinski definition) is 2. The van der Waals surface area contributed by atoms with Gasteiger partial charge in [-0.3, -0.25) is 9.78 Å². The van der Waals surface area contributed by atoms with Crippen LogP contribution in [0.4, 0.5) is 11.5 Å². The third-order valence-electron chi connectivity index (χ3n) is 3.78. The minimum absolute atomic E-state index is 0.143. The molecule has 0 aliphatic carbocycles. The van der Waals surface area contributed by atoms with Crippen molar-refractivity contribution in [3.8, 4) is 11.5 Å². The first-order valence-electron chi connectivity index (χ1n) is 8.51. The van der Waals surface area contributed by atoms with Crippen molar-refractivity contribution in [2.45, 2.75) is 32.8 Å². The highest BCUT2D eigenvalue weighted by atomic mass is 16.6. The Morgan fingerprint density at radius 3 is 2.56 bits per heavy atom. The monoisotopic (exact) mass is 366 g/mol. The van der Waals surface area contributed by atoms with Crippen molar-refractivity contribution in [3.05, 3.63) is 48.3 Å². The summed E-state index contributed by atoms with van der Waals surface area (Å²) >= 11 is 0. The summed E-state index contributed by atoms with van der Waals surface area (Å²) in [7, 11) is 0. The summed E-state index contributed by atoms with van der Waals surface area (Å²) in [6.07, 6.45) is 3.33. The van der Waals surface area contributed by atoms with Crippen LogP contribution in [0.1, 0.15) is 26.3 Å². The van der Waals surface area contributed by atoms with Crippen LogP contribution in [0.2, 0.25) is 0 Å². The molecular formula is C20H22N4O3. The van der Waals surface area contributed by atoms with Crippen LogP contribution in [0.15, 0.2) is 42.7 Å². The number of hydrogen-bond acceptors (Lipinski definition) is 7. The zero-order valence-electron chi connectivity index (χ0n) is 15.5. The maximum Gasteiger partial charge on any atom is 0.310 e. The van der Waals surface area contributed by atoms with E-state index in [4.69, 9.17) is 20.9 Å². The van der Waals surface area contributed by atoms with E-state index in [1.807, 2.05) is 39.0 Å². The predicted octanol–water partition coefficient (Wildman–Crippen LogP) is 3.47. The molecule has 0 atom stereocenters. The number of esters is 1. The molecule has 0 fully saturated rings. The maximum absolute atomic E-state index is 12.2. The first kappa shape index (κ1) is 18.4. The molecule has 4 N–H and O–H groups in total. The Bertz CT molecular complexity index is 996. The molecule has 27 heavy (non-hydrogen) atoms. The molecule has 0 aliphatic heterocycles. The van der Waals surface area contributed by atoms with Gasteiger partial charge < -0.3 is 20.9 Å². The Kier molecular flexibility index (Phi) is 4.85. The number of nitrogens with zero attached hydrogens (tertiary/aromatic N) is 2. The van der Waals surface area contributed by atoms with Crippen LogP contribution >= 0.6 is 0 Å². The van der Waals surface area contributed by atoms with Gasteiger partial charge >= 0.3 is 5.97 Å². The molecule has 3 rings (SSSR count). The Labute approximate surface area is 157 Å². The lowest BCUT2D eigenvalue weighted by Gasteiger charge is -2.20. The third-order valence-corrected chi connectivity index (χ3v) is 3.78. The van der Waals surface area contributed by atoms with Crippen molar-refractivity contribution in [1.29, 1.82) is 0 Å². The molecule has 2 heterocycles. The fraction of sp³-hybridized carbons (Fsp3) is 0.250. The van der Waals surface area contributed by atoms with Crippen LogP contribution < -0.4 is 16.2 Å². The van der Waals surface area contributed by atoms with E-state index in [2.05, 4.69) is 9.97 Å². The topological polar surface area (TPSA) is 113 Å². The Hall–Kier alpha value is -3.35. The van der Waals surface area contributed by atoms with Crippen molar-refractivity contribution >= 4 is 28.4 Å². The summed E-state index contributed by atoms with van der Waals surface area (Å²) in [5.41, 5.74) is 12.8. The van der Waals surface area contributed by atoms with E-state index < -0.39 is 5.60 Å². The van der Waals surface area contributed by atoms with Crippen LogP contribution in [-0.2, 0) is 16.0 Å². The summed E-state index contributed by atoms with van der Waals surface area (Å²) in [6, 6.07) is 8.91. The molecule has 0 unspecified atom stereocenters. The zero-order chi connectivity index (χ0) is 19.6. The van der Waals surface area contributed by atoms with Gasteiger partial charge in [-0.2, -0.15) is 0 Å². The maximum atomic E-state index is 12.2. The van der Waals surface area contributed by atoms with Gasteiger partial charge in [-0.1, -0.05) is 12.1 Å². The summed E-state index contributed by atoms with van der Waals surface area (Å²) in [5, 5.41) is 0.807. The number of ether oxygens (including phenoxy) is 2. The summed E-state index contributed by atoms with van der Waals surface area (Å²) in [5.74, 6) is 0.809. The van der Waals surface area contributed by atoms with Crippen LogP contribution in [0, 0.1) is 0 Å². The standard InChI is InChI=1S/C20H22N4O3/c1-20(2,3)27-16(25)11-12-6-7-15(18-13(12)5-4-9-23-18)26-14-8-10-24-19(22)17(14)21/h4-10H,11,21H2,1-3H3,(H2,22,24). The highest BCUT2D eigenvalue weighted by molar-refractivity contribution is 5.90. The molecule has 0 spiro atoms. The van der Waals surface area contributed by atoms with Gasteiger partial charge in [-0.15, -0.1) is 0 Å². The van der Waals surface area contributed by atoms with Crippen molar-refractivity contribution in [2.75, 3.05) is 11.5 Å². The summed E-state index contributed by atoms with van der Waals surface area (Å²) in [4.78, 5) is 20.6. The lowest BCUT2D eigenvalue weighted by Crippen LogP contribution is -2.25. The van der Waals surface area contributed by atoms with E-state index in [1.54, 1.807) is 18.3 Å². The quantitative estimate of drug-likeness (QED) is 0.680. The number of pyridine rings is 2. The van der Waals surface area contributed by atoms with Gasteiger partial charge in [0.25, 0.3) is 0 Å². The van der Waals surface area contributed by atoms with Gasteiger partial charge in [0.15, 0.2) is 11.5 Å². The predicted molar refractivity (Wildman–Crippen MR) is 104 cm³/mol. The molecule has 7 nitrogen and oxygen atoms in total. The molecule has 0 aliphatic rings. The SMILES string of the molecule is CC(C)(C)OC(=O)Cc1ccc(Oc2ccnc(N)c2N)c2ncccc12. The smallest absolute Gasteiger partial charge is 0.310 e. The second-order valence-corrected chi connectivity index (χ2v) is 7.10. The van der Waals surface area contributed by atoms with Crippen molar-refractivity contribution < 1.29 is 14.3 Å². The molecule has 7 heteroatoms. The Balaban J connectivity index is 1.96. The summed E-state index contributed by atoms with van der Waals surface area (Å²) in [6.45, 7) is 5.52. The molecular weight excluding hydrogens is 344 g/mol. The molecule has 3 aromatic rings. The second-order valence-electron chi connectivity index (χ2n) is 7.10. The van der Waals surface area contributed by atoms with Gasteiger partial charge in [0.05, 0.1) is 6.42 Å². The Morgan fingerprint density at radius 1 is 1.04 bits per heavy atom. The third kappa shape index (κ3) is 4.25.